The summed E-state index contributed by atoms with van der Waals surface area (Å²) < 4.78 is 0. The van der Waals surface area contributed by atoms with Crippen LogP contribution in [0.15, 0.2) is 36.4 Å². The molecule has 0 unspecified atom stereocenters. The minimum atomic E-state index is -0.0911. The Hall–Kier alpha value is -1.75. The Morgan fingerprint density at radius 1 is 1.07 bits per heavy atom. The number of likely N-dealkylation sites (N-methyl/N-ethyl adjacent to an activating group) is 1. The van der Waals surface area contributed by atoms with Crippen molar-refractivity contribution >= 4 is 40.5 Å². The summed E-state index contributed by atoms with van der Waals surface area (Å²) in [5.41, 5.74) is 3.87. The zero-order chi connectivity index (χ0) is 19.4. The highest BCUT2D eigenvalue weighted by molar-refractivity contribution is 6.35. The van der Waals surface area contributed by atoms with E-state index in [4.69, 9.17) is 23.2 Å². The van der Waals surface area contributed by atoms with Gasteiger partial charge in [0.25, 0.3) is 0 Å². The molecule has 0 radical (unpaired) electrons. The Morgan fingerprint density at radius 3 is 2.44 bits per heavy atom. The zero-order valence-corrected chi connectivity index (χ0v) is 17.3. The van der Waals surface area contributed by atoms with Gasteiger partial charge in [0, 0.05) is 47.6 Å². The van der Waals surface area contributed by atoms with Crippen molar-refractivity contribution in [2.24, 2.45) is 0 Å². The number of rotatable bonds is 5. The molecule has 1 amide bonds. The summed E-state index contributed by atoms with van der Waals surface area (Å²) in [4.78, 5) is 17.3. The maximum Gasteiger partial charge on any atom is 0.228 e. The van der Waals surface area contributed by atoms with Gasteiger partial charge in [-0.25, -0.2) is 0 Å². The molecule has 2 aromatic carbocycles. The van der Waals surface area contributed by atoms with E-state index in [1.807, 2.05) is 13.0 Å². The lowest BCUT2D eigenvalue weighted by Crippen LogP contribution is -2.46. The van der Waals surface area contributed by atoms with Crippen LogP contribution >= 0.6 is 23.2 Å². The fourth-order valence-electron chi connectivity index (χ4n) is 3.34. The Labute approximate surface area is 171 Å². The fraction of sp³-hybridized carbons (Fsp3) is 0.381. The van der Waals surface area contributed by atoms with E-state index in [2.05, 4.69) is 34.2 Å². The number of benzene rings is 2. The number of halogens is 2. The van der Waals surface area contributed by atoms with Crippen LogP contribution in [0.3, 0.4) is 0 Å². The van der Waals surface area contributed by atoms with E-state index in [9.17, 15) is 4.79 Å². The van der Waals surface area contributed by atoms with Crippen LogP contribution < -0.4 is 10.2 Å². The molecule has 1 saturated heterocycles. The van der Waals surface area contributed by atoms with Gasteiger partial charge >= 0.3 is 0 Å². The van der Waals surface area contributed by atoms with Crippen molar-refractivity contribution in [1.29, 1.82) is 0 Å². The van der Waals surface area contributed by atoms with E-state index in [1.54, 1.807) is 18.2 Å². The van der Waals surface area contributed by atoms with Gasteiger partial charge in [0.2, 0.25) is 5.91 Å². The third-order valence-corrected chi connectivity index (χ3v) is 5.62. The number of hydrogen-bond acceptors (Lipinski definition) is 3. The van der Waals surface area contributed by atoms with E-state index in [-0.39, 0.29) is 12.3 Å². The standard InChI is InChI=1S/C21H25Cl2N3O/c1-3-25-8-10-26(11-9-25)18-6-7-20(15(2)12-18)24-21(27)13-16-4-5-17(22)14-19(16)23/h4-7,12,14H,3,8-11,13H2,1-2H3,(H,24,27). The highest BCUT2D eigenvalue weighted by Crippen LogP contribution is 2.25. The predicted molar refractivity (Wildman–Crippen MR) is 114 cm³/mol. The van der Waals surface area contributed by atoms with Crippen molar-refractivity contribution in [2.75, 3.05) is 42.9 Å². The van der Waals surface area contributed by atoms with Gasteiger partial charge in [0.1, 0.15) is 0 Å². The summed E-state index contributed by atoms with van der Waals surface area (Å²) in [6.45, 7) is 9.59. The number of amides is 1. The average Bonchev–Trinajstić information content (AvgIpc) is 2.66. The van der Waals surface area contributed by atoms with Gasteiger partial charge < -0.3 is 15.1 Å². The SMILES string of the molecule is CCN1CCN(c2ccc(NC(=O)Cc3ccc(Cl)cc3Cl)c(C)c2)CC1. The van der Waals surface area contributed by atoms with E-state index < -0.39 is 0 Å². The highest BCUT2D eigenvalue weighted by Gasteiger charge is 2.17. The molecule has 1 heterocycles. The molecule has 4 nitrogen and oxygen atoms in total. The third kappa shape index (κ3) is 5.16. The number of piperazine rings is 1. The van der Waals surface area contributed by atoms with Crippen molar-refractivity contribution in [2.45, 2.75) is 20.3 Å². The van der Waals surface area contributed by atoms with Crippen LogP contribution in [-0.4, -0.2) is 43.5 Å². The Kier molecular flexibility index (Phi) is 6.64. The molecule has 0 bridgehead atoms. The maximum atomic E-state index is 12.4. The molecule has 1 fully saturated rings. The molecule has 2 aromatic rings. The maximum absolute atomic E-state index is 12.4. The van der Waals surface area contributed by atoms with Gasteiger partial charge in [0.15, 0.2) is 0 Å². The van der Waals surface area contributed by atoms with Crippen LogP contribution in [0, 0.1) is 6.92 Å². The molecule has 1 aliphatic heterocycles. The second-order valence-corrected chi connectivity index (χ2v) is 7.72. The first-order valence-corrected chi connectivity index (χ1v) is 10.0. The molecule has 0 saturated carbocycles. The van der Waals surface area contributed by atoms with Crippen LogP contribution in [-0.2, 0) is 11.2 Å². The minimum absolute atomic E-state index is 0.0911. The van der Waals surface area contributed by atoms with Crippen LogP contribution in [0.2, 0.25) is 10.0 Å². The molecular formula is C21H25Cl2N3O. The quantitative estimate of drug-likeness (QED) is 0.787. The zero-order valence-electron chi connectivity index (χ0n) is 15.8. The summed E-state index contributed by atoms with van der Waals surface area (Å²) in [5.74, 6) is -0.0911. The monoisotopic (exact) mass is 405 g/mol. The Balaban J connectivity index is 1.63. The molecular weight excluding hydrogens is 381 g/mol. The average molecular weight is 406 g/mol. The molecule has 144 valence electrons. The lowest BCUT2D eigenvalue weighted by Gasteiger charge is -2.35. The molecule has 0 aliphatic carbocycles. The van der Waals surface area contributed by atoms with E-state index in [0.717, 1.165) is 49.5 Å². The first kappa shape index (κ1) is 20.0. The van der Waals surface area contributed by atoms with E-state index >= 15 is 0 Å². The molecule has 3 rings (SSSR count). The Bertz CT molecular complexity index is 817. The number of anilines is 2. The smallest absolute Gasteiger partial charge is 0.228 e. The van der Waals surface area contributed by atoms with Crippen molar-refractivity contribution in [1.82, 2.24) is 4.90 Å². The van der Waals surface area contributed by atoms with Crippen LogP contribution in [0.1, 0.15) is 18.1 Å². The van der Waals surface area contributed by atoms with Crippen LogP contribution in [0.4, 0.5) is 11.4 Å². The van der Waals surface area contributed by atoms with Gasteiger partial charge in [-0.2, -0.15) is 0 Å². The van der Waals surface area contributed by atoms with Gasteiger partial charge in [-0.15, -0.1) is 0 Å². The number of nitrogens with one attached hydrogen (secondary N) is 1. The predicted octanol–water partition coefficient (Wildman–Crippen LogP) is 4.62. The number of carbonyl (C=O) groups is 1. The molecule has 0 atom stereocenters. The van der Waals surface area contributed by atoms with Crippen molar-refractivity contribution < 1.29 is 4.79 Å². The van der Waals surface area contributed by atoms with Crippen LogP contribution in [0.5, 0.6) is 0 Å². The third-order valence-electron chi connectivity index (χ3n) is 5.03. The second-order valence-electron chi connectivity index (χ2n) is 6.88. The molecule has 6 heteroatoms. The summed E-state index contributed by atoms with van der Waals surface area (Å²) in [5, 5.41) is 4.06. The van der Waals surface area contributed by atoms with Gasteiger partial charge in [-0.05, 0) is 54.9 Å². The summed E-state index contributed by atoms with van der Waals surface area (Å²) >= 11 is 12.1. The van der Waals surface area contributed by atoms with Crippen molar-refractivity contribution in [3.05, 3.63) is 57.6 Å². The lowest BCUT2D eigenvalue weighted by atomic mass is 10.1. The summed E-state index contributed by atoms with van der Waals surface area (Å²) in [7, 11) is 0. The molecule has 0 aromatic heterocycles. The number of carbonyl (C=O) groups excluding carboxylic acids is 1. The topological polar surface area (TPSA) is 35.6 Å². The molecule has 1 aliphatic rings. The number of aryl methyl sites for hydroxylation is 1. The van der Waals surface area contributed by atoms with E-state index in [1.165, 1.54) is 5.69 Å². The molecule has 1 N–H and O–H groups in total. The summed E-state index contributed by atoms with van der Waals surface area (Å²) in [6.07, 6.45) is 0.218. The normalized spacial score (nSPS) is 15.0. The minimum Gasteiger partial charge on any atom is -0.369 e. The van der Waals surface area contributed by atoms with Gasteiger partial charge in [0.05, 0.1) is 6.42 Å². The van der Waals surface area contributed by atoms with Gasteiger partial charge in [-0.1, -0.05) is 36.2 Å². The number of nitrogens with zero attached hydrogens (tertiary/aromatic N) is 2. The van der Waals surface area contributed by atoms with Gasteiger partial charge in [-0.3, -0.25) is 4.79 Å². The molecule has 0 spiro atoms. The van der Waals surface area contributed by atoms with Crippen molar-refractivity contribution in [3.8, 4) is 0 Å². The second kappa shape index (κ2) is 8.96. The summed E-state index contributed by atoms with van der Waals surface area (Å²) in [6, 6.07) is 11.4. The van der Waals surface area contributed by atoms with Crippen molar-refractivity contribution in [3.63, 3.8) is 0 Å². The molecule has 27 heavy (non-hydrogen) atoms. The highest BCUT2D eigenvalue weighted by atomic mass is 35.5. The van der Waals surface area contributed by atoms with Crippen LogP contribution in [0.25, 0.3) is 0 Å². The fourth-order valence-corrected chi connectivity index (χ4v) is 3.81. The first-order valence-electron chi connectivity index (χ1n) is 9.28. The lowest BCUT2D eigenvalue weighted by molar-refractivity contribution is -0.115. The number of hydrogen-bond donors (Lipinski definition) is 1. The largest absolute Gasteiger partial charge is 0.369 e. The first-order chi connectivity index (χ1) is 13.0. The van der Waals surface area contributed by atoms with E-state index in [0.29, 0.717) is 10.0 Å². The Morgan fingerprint density at radius 2 is 1.81 bits per heavy atom.